The number of aromatic nitrogens is 2. The van der Waals surface area contributed by atoms with Gasteiger partial charge >= 0.3 is 5.97 Å². The average molecular weight is 403 g/mol. The van der Waals surface area contributed by atoms with Crippen LogP contribution in [-0.4, -0.2) is 46.8 Å². The highest BCUT2D eigenvalue weighted by Crippen LogP contribution is 2.25. The number of esters is 1. The van der Waals surface area contributed by atoms with Crippen molar-refractivity contribution in [2.75, 3.05) is 14.1 Å². The maximum absolute atomic E-state index is 12.2. The van der Waals surface area contributed by atoms with Gasteiger partial charge in [0.15, 0.2) is 6.10 Å². The lowest BCUT2D eigenvalue weighted by Crippen LogP contribution is -2.34. The van der Waals surface area contributed by atoms with Crippen LogP contribution in [0.25, 0.3) is 23.0 Å². The zero-order valence-corrected chi connectivity index (χ0v) is 17.6. The highest BCUT2D eigenvalue weighted by atomic mass is 16.5. The zero-order valence-electron chi connectivity index (χ0n) is 17.6. The molecule has 1 aromatic heterocycles. The number of carbonyl (C=O) groups excluding carboxylic acids is 2. The van der Waals surface area contributed by atoms with Gasteiger partial charge in [-0.15, -0.1) is 0 Å². The number of likely N-dealkylation sites (N-methyl/N-ethyl adjacent to an activating group) is 1. The first-order valence-corrected chi connectivity index (χ1v) is 9.67. The van der Waals surface area contributed by atoms with E-state index in [1.807, 2.05) is 67.7 Å². The molecule has 6 nitrogen and oxygen atoms in total. The molecule has 0 bridgehead atoms. The predicted octanol–water partition coefficient (Wildman–Crippen LogP) is 3.88. The van der Waals surface area contributed by atoms with Crippen molar-refractivity contribution in [2.45, 2.75) is 20.0 Å². The molecule has 0 aliphatic rings. The number of carbonyl (C=O) groups is 2. The first kappa shape index (κ1) is 21.0. The Bertz CT molecular complexity index is 1050. The van der Waals surface area contributed by atoms with Crippen molar-refractivity contribution in [3.05, 3.63) is 78.0 Å². The van der Waals surface area contributed by atoms with E-state index in [0.29, 0.717) is 0 Å². The number of ether oxygens (including phenoxy) is 1. The third kappa shape index (κ3) is 5.03. The number of aryl methyl sites for hydroxylation is 1. The maximum Gasteiger partial charge on any atom is 0.331 e. The van der Waals surface area contributed by atoms with Gasteiger partial charge in [0, 0.05) is 37.5 Å². The predicted molar refractivity (Wildman–Crippen MR) is 117 cm³/mol. The molecule has 0 radical (unpaired) electrons. The Morgan fingerprint density at radius 1 is 1.07 bits per heavy atom. The Hall–Kier alpha value is -3.67. The Morgan fingerprint density at radius 3 is 2.37 bits per heavy atom. The minimum Gasteiger partial charge on any atom is -0.449 e. The summed E-state index contributed by atoms with van der Waals surface area (Å²) in [6, 6.07) is 17.8. The highest BCUT2D eigenvalue weighted by Gasteiger charge is 2.18. The first-order valence-electron chi connectivity index (χ1n) is 9.67. The van der Waals surface area contributed by atoms with Gasteiger partial charge < -0.3 is 9.64 Å². The number of amides is 1. The molecule has 0 aliphatic heterocycles. The van der Waals surface area contributed by atoms with Gasteiger partial charge in [0.1, 0.15) is 0 Å². The van der Waals surface area contributed by atoms with Crippen LogP contribution in [0.1, 0.15) is 18.1 Å². The second kappa shape index (κ2) is 9.22. The Labute approximate surface area is 176 Å². The summed E-state index contributed by atoms with van der Waals surface area (Å²) in [5.41, 5.74) is 4.53. The van der Waals surface area contributed by atoms with Gasteiger partial charge in [0.05, 0.1) is 11.4 Å². The van der Waals surface area contributed by atoms with Crippen molar-refractivity contribution in [3.8, 4) is 16.9 Å². The molecule has 154 valence electrons. The average Bonchev–Trinajstić information content (AvgIpc) is 3.17. The van der Waals surface area contributed by atoms with Crippen molar-refractivity contribution < 1.29 is 14.3 Å². The monoisotopic (exact) mass is 403 g/mol. The van der Waals surface area contributed by atoms with Crippen molar-refractivity contribution in [3.63, 3.8) is 0 Å². The lowest BCUT2D eigenvalue weighted by Gasteiger charge is -2.16. The minimum absolute atomic E-state index is 0.269. The fraction of sp³-hybridized carbons (Fsp3) is 0.208. The Morgan fingerprint density at radius 2 is 1.73 bits per heavy atom. The molecule has 3 rings (SSSR count). The van der Waals surface area contributed by atoms with Gasteiger partial charge in [0.25, 0.3) is 5.91 Å². The number of hydrogen-bond acceptors (Lipinski definition) is 4. The van der Waals surface area contributed by atoms with E-state index in [2.05, 4.69) is 0 Å². The van der Waals surface area contributed by atoms with Crippen LogP contribution >= 0.6 is 0 Å². The van der Waals surface area contributed by atoms with Gasteiger partial charge in [-0.3, -0.25) is 4.79 Å². The molecular formula is C24H25N3O3. The van der Waals surface area contributed by atoms with Gasteiger partial charge in [-0.1, -0.05) is 48.0 Å². The topological polar surface area (TPSA) is 64.4 Å². The summed E-state index contributed by atoms with van der Waals surface area (Å²) >= 11 is 0. The third-order valence-corrected chi connectivity index (χ3v) is 4.57. The van der Waals surface area contributed by atoms with Crippen molar-refractivity contribution in [2.24, 2.45) is 0 Å². The summed E-state index contributed by atoms with van der Waals surface area (Å²) in [5.74, 6) is -0.853. The summed E-state index contributed by atoms with van der Waals surface area (Å²) in [6.45, 7) is 3.58. The molecule has 0 N–H and O–H groups in total. The minimum atomic E-state index is -0.847. The van der Waals surface area contributed by atoms with E-state index in [9.17, 15) is 9.59 Å². The molecule has 0 unspecified atom stereocenters. The molecular weight excluding hydrogens is 378 g/mol. The van der Waals surface area contributed by atoms with Crippen LogP contribution in [0.3, 0.4) is 0 Å². The molecule has 1 atom stereocenters. The van der Waals surface area contributed by atoms with E-state index in [0.717, 1.165) is 28.1 Å². The molecule has 2 aromatic carbocycles. The van der Waals surface area contributed by atoms with E-state index < -0.39 is 12.1 Å². The van der Waals surface area contributed by atoms with Crippen molar-refractivity contribution >= 4 is 18.0 Å². The van der Waals surface area contributed by atoms with Crippen LogP contribution in [0.4, 0.5) is 0 Å². The van der Waals surface area contributed by atoms with Crippen LogP contribution in [0, 0.1) is 6.92 Å². The van der Waals surface area contributed by atoms with Gasteiger partial charge in [-0.2, -0.15) is 5.10 Å². The molecule has 1 amide bonds. The van der Waals surface area contributed by atoms with Crippen LogP contribution in [-0.2, 0) is 14.3 Å². The van der Waals surface area contributed by atoms with Gasteiger partial charge in [-0.05, 0) is 32.1 Å². The van der Waals surface area contributed by atoms with E-state index in [4.69, 9.17) is 9.84 Å². The van der Waals surface area contributed by atoms with E-state index in [-0.39, 0.29) is 5.91 Å². The second-order valence-corrected chi connectivity index (χ2v) is 7.22. The van der Waals surface area contributed by atoms with Crippen molar-refractivity contribution in [1.29, 1.82) is 0 Å². The standard InChI is InChI=1S/C24H25N3O3/c1-17-10-12-19(13-11-17)23-20(16-27(25-23)21-8-6-5-7-9-21)14-15-22(28)30-18(2)24(29)26(3)4/h5-16,18H,1-4H3/b15-14+/t18-/m1/s1. The van der Waals surface area contributed by atoms with Gasteiger partial charge in [0.2, 0.25) is 0 Å². The molecule has 1 heterocycles. The molecule has 0 saturated heterocycles. The lowest BCUT2D eigenvalue weighted by atomic mass is 10.1. The molecule has 0 fully saturated rings. The van der Waals surface area contributed by atoms with Crippen LogP contribution in [0.15, 0.2) is 66.9 Å². The first-order chi connectivity index (χ1) is 14.3. The fourth-order valence-corrected chi connectivity index (χ4v) is 2.94. The number of para-hydroxylation sites is 1. The summed E-state index contributed by atoms with van der Waals surface area (Å²) in [4.78, 5) is 25.5. The molecule has 6 heteroatoms. The van der Waals surface area contributed by atoms with Crippen LogP contribution < -0.4 is 0 Å². The normalized spacial score (nSPS) is 12.0. The second-order valence-electron chi connectivity index (χ2n) is 7.22. The molecule has 0 spiro atoms. The van der Waals surface area contributed by atoms with E-state index in [1.54, 1.807) is 31.8 Å². The summed E-state index contributed by atoms with van der Waals surface area (Å²) in [6.07, 6.45) is 4.00. The molecule has 3 aromatic rings. The quantitative estimate of drug-likeness (QED) is 0.463. The zero-order chi connectivity index (χ0) is 21.7. The largest absolute Gasteiger partial charge is 0.449 e. The Balaban J connectivity index is 1.89. The van der Waals surface area contributed by atoms with Gasteiger partial charge in [-0.25, -0.2) is 9.48 Å². The number of hydrogen-bond donors (Lipinski definition) is 0. The smallest absolute Gasteiger partial charge is 0.331 e. The van der Waals surface area contributed by atoms with Crippen molar-refractivity contribution in [1.82, 2.24) is 14.7 Å². The third-order valence-electron chi connectivity index (χ3n) is 4.57. The van der Waals surface area contributed by atoms with E-state index in [1.165, 1.54) is 11.0 Å². The highest BCUT2D eigenvalue weighted by molar-refractivity contribution is 5.91. The van der Waals surface area contributed by atoms with Crippen LogP contribution in [0.5, 0.6) is 0 Å². The van der Waals surface area contributed by atoms with E-state index >= 15 is 0 Å². The number of rotatable bonds is 6. The number of nitrogens with zero attached hydrogens (tertiary/aromatic N) is 3. The number of benzene rings is 2. The lowest BCUT2D eigenvalue weighted by molar-refractivity contribution is -0.153. The molecule has 30 heavy (non-hydrogen) atoms. The fourth-order valence-electron chi connectivity index (χ4n) is 2.94. The summed E-state index contributed by atoms with van der Waals surface area (Å²) < 4.78 is 6.98. The Kier molecular flexibility index (Phi) is 6.47. The molecule has 0 aliphatic carbocycles. The SMILES string of the molecule is Cc1ccc(-c2nn(-c3ccccc3)cc2/C=C/C(=O)O[C@H](C)C(=O)N(C)C)cc1. The molecule has 0 saturated carbocycles. The van der Waals surface area contributed by atoms with Crippen LogP contribution in [0.2, 0.25) is 0 Å². The summed E-state index contributed by atoms with van der Waals surface area (Å²) in [7, 11) is 3.24. The maximum atomic E-state index is 12.2. The summed E-state index contributed by atoms with van der Waals surface area (Å²) in [5, 5.41) is 4.72.